The van der Waals surface area contributed by atoms with Crippen molar-refractivity contribution in [3.63, 3.8) is 0 Å². The minimum Gasteiger partial charge on any atom is -0.483 e. The van der Waals surface area contributed by atoms with E-state index in [1.54, 1.807) is 0 Å². The topological polar surface area (TPSA) is 157 Å². The Labute approximate surface area is 135 Å². The number of anilines is 2. The summed E-state index contributed by atoms with van der Waals surface area (Å²) in [5.41, 5.74) is 11.3. The van der Waals surface area contributed by atoms with Crippen molar-refractivity contribution < 1.29 is 19.3 Å². The lowest BCUT2D eigenvalue weighted by molar-refractivity contribution is -0.386. The molecular weight excluding hydrogens is 320 g/mol. The molecule has 0 unspecified atom stereocenters. The molecule has 0 aromatic heterocycles. The standard InChI is InChI=1S/C14H14N4O6/c15-9-1-3-11(17(19)20)13(7-9)23-5-6-24-14-8-10(16)2-4-12(14)18(21)22/h1-4,7-8H,5-6,15-16H2. The number of nitrogens with zero attached hydrogens (tertiary/aromatic N) is 2. The summed E-state index contributed by atoms with van der Waals surface area (Å²) in [5.74, 6) is -0.0173. The van der Waals surface area contributed by atoms with Gasteiger partial charge in [0.25, 0.3) is 0 Å². The Balaban J connectivity index is 2.02. The van der Waals surface area contributed by atoms with Crippen molar-refractivity contribution in [3.05, 3.63) is 56.6 Å². The Morgan fingerprint density at radius 3 is 1.50 bits per heavy atom. The predicted molar refractivity (Wildman–Crippen MR) is 86.0 cm³/mol. The Morgan fingerprint density at radius 2 is 1.17 bits per heavy atom. The van der Waals surface area contributed by atoms with Gasteiger partial charge in [0, 0.05) is 35.6 Å². The predicted octanol–water partition coefficient (Wildman–Crippen LogP) is 2.13. The van der Waals surface area contributed by atoms with Crippen LogP contribution < -0.4 is 20.9 Å². The maximum atomic E-state index is 10.9. The van der Waals surface area contributed by atoms with Crippen LogP contribution in [0.4, 0.5) is 22.7 Å². The van der Waals surface area contributed by atoms with Crippen molar-refractivity contribution >= 4 is 22.7 Å². The maximum absolute atomic E-state index is 10.9. The average molecular weight is 334 g/mol. The normalized spacial score (nSPS) is 10.2. The number of nitro benzene ring substituents is 2. The molecule has 0 bridgehead atoms. The molecule has 0 aliphatic carbocycles. The molecule has 0 aliphatic rings. The molecule has 2 aromatic carbocycles. The highest BCUT2D eigenvalue weighted by molar-refractivity contribution is 5.56. The van der Waals surface area contributed by atoms with Gasteiger partial charge >= 0.3 is 11.4 Å². The molecule has 0 fully saturated rings. The zero-order valence-corrected chi connectivity index (χ0v) is 12.4. The SMILES string of the molecule is Nc1ccc([N+](=O)[O-])c(OCCOc2cc(N)ccc2[N+](=O)[O-])c1. The van der Waals surface area contributed by atoms with Gasteiger partial charge in [-0.3, -0.25) is 20.2 Å². The van der Waals surface area contributed by atoms with Crippen LogP contribution in [0.15, 0.2) is 36.4 Å². The van der Waals surface area contributed by atoms with E-state index in [1.807, 2.05) is 0 Å². The zero-order valence-electron chi connectivity index (χ0n) is 12.4. The molecule has 0 radical (unpaired) electrons. The first-order valence-corrected chi connectivity index (χ1v) is 6.72. The Morgan fingerprint density at radius 1 is 0.792 bits per heavy atom. The molecule has 2 aromatic rings. The molecular formula is C14H14N4O6. The van der Waals surface area contributed by atoms with E-state index in [9.17, 15) is 20.2 Å². The van der Waals surface area contributed by atoms with E-state index >= 15 is 0 Å². The van der Waals surface area contributed by atoms with Gasteiger partial charge in [0.15, 0.2) is 11.5 Å². The molecule has 126 valence electrons. The molecule has 2 rings (SSSR count). The van der Waals surface area contributed by atoms with Gasteiger partial charge in [0.1, 0.15) is 13.2 Å². The van der Waals surface area contributed by atoms with E-state index < -0.39 is 9.85 Å². The van der Waals surface area contributed by atoms with Crippen LogP contribution in [0.2, 0.25) is 0 Å². The summed E-state index contributed by atoms with van der Waals surface area (Å²) in [6.07, 6.45) is 0. The Hall–Kier alpha value is -3.56. The molecule has 0 aliphatic heterocycles. The molecule has 0 saturated heterocycles. The summed E-state index contributed by atoms with van der Waals surface area (Å²) in [4.78, 5) is 20.6. The van der Waals surface area contributed by atoms with E-state index in [-0.39, 0.29) is 36.1 Å². The van der Waals surface area contributed by atoms with E-state index in [2.05, 4.69) is 0 Å². The van der Waals surface area contributed by atoms with Gasteiger partial charge in [-0.2, -0.15) is 0 Å². The fraction of sp³-hybridized carbons (Fsp3) is 0.143. The van der Waals surface area contributed by atoms with E-state index in [1.165, 1.54) is 36.4 Å². The number of hydrogen-bond donors (Lipinski definition) is 2. The molecule has 0 heterocycles. The minimum absolute atomic E-state index is 0.00863. The minimum atomic E-state index is -0.599. The average Bonchev–Trinajstić information content (AvgIpc) is 2.51. The first-order valence-electron chi connectivity index (χ1n) is 6.72. The van der Waals surface area contributed by atoms with E-state index in [4.69, 9.17) is 20.9 Å². The van der Waals surface area contributed by atoms with Crippen molar-refractivity contribution in [2.24, 2.45) is 0 Å². The largest absolute Gasteiger partial charge is 0.483 e. The van der Waals surface area contributed by atoms with Gasteiger partial charge in [-0.15, -0.1) is 0 Å². The lowest BCUT2D eigenvalue weighted by Crippen LogP contribution is -2.11. The molecule has 24 heavy (non-hydrogen) atoms. The highest BCUT2D eigenvalue weighted by atomic mass is 16.6. The number of ether oxygens (including phenoxy) is 2. The smallest absolute Gasteiger partial charge is 0.311 e. The van der Waals surface area contributed by atoms with Gasteiger partial charge in [0.2, 0.25) is 0 Å². The van der Waals surface area contributed by atoms with E-state index in [0.29, 0.717) is 11.4 Å². The van der Waals surface area contributed by atoms with E-state index in [0.717, 1.165) is 0 Å². The Bertz CT molecular complexity index is 714. The monoisotopic (exact) mass is 334 g/mol. The highest BCUT2D eigenvalue weighted by Crippen LogP contribution is 2.30. The van der Waals surface area contributed by atoms with Crippen molar-refractivity contribution in [3.8, 4) is 11.5 Å². The highest BCUT2D eigenvalue weighted by Gasteiger charge is 2.17. The van der Waals surface area contributed by atoms with Crippen LogP contribution in [0, 0.1) is 20.2 Å². The van der Waals surface area contributed by atoms with Crippen LogP contribution in [0.5, 0.6) is 11.5 Å². The van der Waals surface area contributed by atoms with Crippen LogP contribution in [-0.2, 0) is 0 Å². The third-order valence-electron chi connectivity index (χ3n) is 2.96. The van der Waals surface area contributed by atoms with Gasteiger partial charge in [0.05, 0.1) is 9.85 Å². The van der Waals surface area contributed by atoms with Crippen LogP contribution >= 0.6 is 0 Å². The lowest BCUT2D eigenvalue weighted by Gasteiger charge is -2.10. The van der Waals surface area contributed by atoms with Crippen LogP contribution in [-0.4, -0.2) is 23.1 Å². The number of rotatable bonds is 7. The fourth-order valence-electron chi connectivity index (χ4n) is 1.90. The van der Waals surface area contributed by atoms with Crippen molar-refractivity contribution in [1.29, 1.82) is 0 Å². The molecule has 0 atom stereocenters. The summed E-state index contributed by atoms with van der Waals surface area (Å²) in [7, 11) is 0. The van der Waals surface area contributed by atoms with Crippen LogP contribution in [0.3, 0.4) is 0 Å². The second-order valence-electron chi connectivity index (χ2n) is 4.67. The van der Waals surface area contributed by atoms with Crippen LogP contribution in [0.1, 0.15) is 0 Å². The number of benzene rings is 2. The maximum Gasteiger partial charge on any atom is 0.311 e. The summed E-state index contributed by atoms with van der Waals surface area (Å²) in [6, 6.07) is 7.87. The number of hydrogen-bond acceptors (Lipinski definition) is 8. The molecule has 0 saturated carbocycles. The van der Waals surface area contributed by atoms with Gasteiger partial charge in [-0.25, -0.2) is 0 Å². The number of nitro groups is 2. The summed E-state index contributed by atoms with van der Waals surface area (Å²) >= 11 is 0. The van der Waals surface area contributed by atoms with Gasteiger partial charge in [-0.05, 0) is 12.1 Å². The second kappa shape index (κ2) is 7.13. The third kappa shape index (κ3) is 4.00. The Kier molecular flexibility index (Phi) is 5.00. The molecule has 4 N–H and O–H groups in total. The van der Waals surface area contributed by atoms with Gasteiger partial charge < -0.3 is 20.9 Å². The number of nitrogens with two attached hydrogens (primary N) is 2. The quantitative estimate of drug-likeness (QED) is 0.337. The lowest BCUT2D eigenvalue weighted by atomic mass is 10.2. The molecule has 0 spiro atoms. The second-order valence-corrected chi connectivity index (χ2v) is 4.67. The van der Waals surface area contributed by atoms with Crippen molar-refractivity contribution in [2.75, 3.05) is 24.7 Å². The molecule has 10 nitrogen and oxygen atoms in total. The fourth-order valence-corrected chi connectivity index (χ4v) is 1.90. The zero-order chi connectivity index (χ0) is 17.7. The first kappa shape index (κ1) is 16.8. The van der Waals surface area contributed by atoms with Crippen molar-refractivity contribution in [1.82, 2.24) is 0 Å². The molecule has 0 amide bonds. The van der Waals surface area contributed by atoms with Crippen molar-refractivity contribution in [2.45, 2.75) is 0 Å². The summed E-state index contributed by atoms with van der Waals surface area (Å²) in [5, 5.41) is 21.8. The third-order valence-corrected chi connectivity index (χ3v) is 2.96. The summed E-state index contributed by atoms with van der Waals surface area (Å²) < 4.78 is 10.6. The molecule has 10 heteroatoms. The van der Waals surface area contributed by atoms with Crippen LogP contribution in [0.25, 0.3) is 0 Å². The summed E-state index contributed by atoms with van der Waals surface area (Å²) in [6.45, 7) is -0.146. The number of nitrogen functional groups attached to an aromatic ring is 2. The van der Waals surface area contributed by atoms with Gasteiger partial charge in [-0.1, -0.05) is 0 Å². The first-order chi connectivity index (χ1) is 11.4.